The summed E-state index contributed by atoms with van der Waals surface area (Å²) in [5, 5.41) is 9.12. The minimum atomic E-state index is -0.697. The first-order valence-corrected chi connectivity index (χ1v) is 6.55. The molecule has 0 amide bonds. The van der Waals surface area contributed by atoms with Gasteiger partial charge in [0.1, 0.15) is 5.54 Å². The van der Waals surface area contributed by atoms with Gasteiger partial charge in [0.2, 0.25) is 0 Å². The summed E-state index contributed by atoms with van der Waals surface area (Å²) >= 11 is 3.46. The van der Waals surface area contributed by atoms with E-state index in [1.807, 2.05) is 6.07 Å². The van der Waals surface area contributed by atoms with Crippen molar-refractivity contribution in [1.82, 2.24) is 0 Å². The molecule has 0 bridgehead atoms. The molecule has 1 atom stereocenters. The number of piperidine rings is 1. The third kappa shape index (κ3) is 2.62. The topological polar surface area (TPSA) is 53.0 Å². The number of hydrogen-bond donors (Lipinski definition) is 1. The third-order valence-electron chi connectivity index (χ3n) is 3.25. The van der Waals surface area contributed by atoms with Crippen LogP contribution in [0.2, 0.25) is 0 Å². The first-order valence-electron chi connectivity index (χ1n) is 5.75. The van der Waals surface area contributed by atoms with Crippen LogP contribution in [-0.4, -0.2) is 18.6 Å². The Bertz CT molecular complexity index is 466. The van der Waals surface area contributed by atoms with E-state index in [0.717, 1.165) is 23.9 Å². The van der Waals surface area contributed by atoms with Crippen molar-refractivity contribution in [3.8, 4) is 6.07 Å². The van der Waals surface area contributed by atoms with E-state index in [9.17, 15) is 0 Å². The van der Waals surface area contributed by atoms with E-state index in [0.29, 0.717) is 6.54 Å². The molecule has 1 aliphatic rings. The van der Waals surface area contributed by atoms with Gasteiger partial charge in [0.15, 0.2) is 0 Å². The molecule has 1 unspecified atom stereocenters. The number of nitrogens with zero attached hydrogens (tertiary/aromatic N) is 2. The van der Waals surface area contributed by atoms with Gasteiger partial charge in [0, 0.05) is 23.2 Å². The van der Waals surface area contributed by atoms with Crippen LogP contribution in [0.5, 0.6) is 0 Å². The quantitative estimate of drug-likeness (QED) is 0.866. The van der Waals surface area contributed by atoms with E-state index in [-0.39, 0.29) is 0 Å². The zero-order valence-electron chi connectivity index (χ0n) is 9.91. The minimum Gasteiger partial charge on any atom is -0.368 e. The highest BCUT2D eigenvalue weighted by atomic mass is 79.9. The number of halogens is 1. The molecule has 1 aromatic carbocycles. The molecular weight excluding hydrogens is 278 g/mol. The van der Waals surface area contributed by atoms with Crippen LogP contribution in [0.25, 0.3) is 0 Å². The van der Waals surface area contributed by atoms with E-state index in [1.54, 1.807) is 0 Å². The van der Waals surface area contributed by atoms with Gasteiger partial charge in [-0.25, -0.2) is 0 Å². The minimum absolute atomic E-state index is 0.617. The molecule has 0 radical (unpaired) electrons. The Hall–Kier alpha value is -1.05. The van der Waals surface area contributed by atoms with Crippen molar-refractivity contribution < 1.29 is 0 Å². The molecule has 2 rings (SSSR count). The van der Waals surface area contributed by atoms with Gasteiger partial charge in [-0.2, -0.15) is 5.26 Å². The molecule has 0 spiro atoms. The predicted octanol–water partition coefficient (Wildman–Crippen LogP) is 2.58. The fourth-order valence-electron chi connectivity index (χ4n) is 2.35. The second-order valence-electron chi connectivity index (χ2n) is 4.72. The normalized spacial score (nSPS) is 24.5. The molecule has 3 nitrogen and oxygen atoms in total. The summed E-state index contributed by atoms with van der Waals surface area (Å²) in [5.74, 6) is 0. The maximum atomic E-state index is 9.12. The van der Waals surface area contributed by atoms with Crippen LogP contribution in [0.1, 0.15) is 18.4 Å². The molecule has 1 fully saturated rings. The molecule has 0 saturated carbocycles. The molecule has 17 heavy (non-hydrogen) atoms. The molecule has 1 aliphatic heterocycles. The summed E-state index contributed by atoms with van der Waals surface area (Å²) in [6, 6.07) is 8.44. The second-order valence-corrected chi connectivity index (χ2v) is 5.64. The maximum Gasteiger partial charge on any atom is 0.121 e. The molecule has 1 saturated heterocycles. The van der Waals surface area contributed by atoms with Crippen LogP contribution in [-0.2, 0) is 0 Å². The van der Waals surface area contributed by atoms with Crippen LogP contribution >= 0.6 is 15.9 Å². The van der Waals surface area contributed by atoms with E-state index in [2.05, 4.69) is 46.0 Å². The van der Waals surface area contributed by atoms with Crippen LogP contribution < -0.4 is 10.6 Å². The Morgan fingerprint density at radius 3 is 2.94 bits per heavy atom. The Morgan fingerprint density at radius 2 is 2.29 bits per heavy atom. The van der Waals surface area contributed by atoms with Gasteiger partial charge in [-0.05, 0) is 43.5 Å². The van der Waals surface area contributed by atoms with Crippen LogP contribution in [0.4, 0.5) is 5.69 Å². The smallest absolute Gasteiger partial charge is 0.121 e. The van der Waals surface area contributed by atoms with E-state index < -0.39 is 5.54 Å². The summed E-state index contributed by atoms with van der Waals surface area (Å²) in [7, 11) is 0. The van der Waals surface area contributed by atoms with Gasteiger partial charge in [-0.1, -0.05) is 15.9 Å². The SMILES string of the molecule is Cc1cc(Br)ccc1N1CCCC(N)(C#N)C1. The lowest BCUT2D eigenvalue weighted by Crippen LogP contribution is -2.53. The Kier molecular flexibility index (Phi) is 3.41. The molecule has 90 valence electrons. The van der Waals surface area contributed by atoms with E-state index >= 15 is 0 Å². The molecule has 2 N–H and O–H groups in total. The van der Waals surface area contributed by atoms with Crippen molar-refractivity contribution in [2.45, 2.75) is 25.3 Å². The second kappa shape index (κ2) is 4.67. The van der Waals surface area contributed by atoms with E-state index in [1.165, 1.54) is 11.3 Å². The predicted molar refractivity (Wildman–Crippen MR) is 72.9 cm³/mol. The van der Waals surface area contributed by atoms with E-state index in [4.69, 9.17) is 11.0 Å². The van der Waals surface area contributed by atoms with Gasteiger partial charge < -0.3 is 10.6 Å². The Balaban J connectivity index is 2.26. The number of aryl methyl sites for hydroxylation is 1. The van der Waals surface area contributed by atoms with Crippen molar-refractivity contribution >= 4 is 21.6 Å². The average molecular weight is 294 g/mol. The zero-order chi connectivity index (χ0) is 12.5. The molecule has 4 heteroatoms. The average Bonchev–Trinajstić information content (AvgIpc) is 2.29. The van der Waals surface area contributed by atoms with Gasteiger partial charge in [0.25, 0.3) is 0 Å². The fourth-order valence-corrected chi connectivity index (χ4v) is 2.83. The largest absolute Gasteiger partial charge is 0.368 e. The van der Waals surface area contributed by atoms with Crippen LogP contribution in [0.15, 0.2) is 22.7 Å². The van der Waals surface area contributed by atoms with Crippen molar-refractivity contribution in [3.63, 3.8) is 0 Å². The lowest BCUT2D eigenvalue weighted by atomic mass is 9.91. The highest BCUT2D eigenvalue weighted by Gasteiger charge is 2.32. The molecule has 0 aromatic heterocycles. The number of rotatable bonds is 1. The van der Waals surface area contributed by atoms with Crippen molar-refractivity contribution in [3.05, 3.63) is 28.2 Å². The molecule has 1 heterocycles. The lowest BCUT2D eigenvalue weighted by molar-refractivity contribution is 0.424. The maximum absolute atomic E-state index is 9.12. The highest BCUT2D eigenvalue weighted by molar-refractivity contribution is 9.10. The molecule has 0 aliphatic carbocycles. The summed E-state index contributed by atoms with van der Waals surface area (Å²) in [6.45, 7) is 3.67. The summed E-state index contributed by atoms with van der Waals surface area (Å²) in [5.41, 5.74) is 7.75. The highest BCUT2D eigenvalue weighted by Crippen LogP contribution is 2.28. The monoisotopic (exact) mass is 293 g/mol. The van der Waals surface area contributed by atoms with Crippen LogP contribution in [0.3, 0.4) is 0 Å². The number of nitriles is 1. The summed E-state index contributed by atoms with van der Waals surface area (Å²) in [6.07, 6.45) is 1.76. The van der Waals surface area contributed by atoms with Crippen molar-refractivity contribution in [2.75, 3.05) is 18.0 Å². The first-order chi connectivity index (χ1) is 8.04. The van der Waals surface area contributed by atoms with Gasteiger partial charge in [0.05, 0.1) is 6.07 Å². The van der Waals surface area contributed by atoms with Gasteiger partial charge in [-0.3, -0.25) is 0 Å². The van der Waals surface area contributed by atoms with Crippen molar-refractivity contribution in [2.24, 2.45) is 5.73 Å². The molecule has 1 aromatic rings. The van der Waals surface area contributed by atoms with Gasteiger partial charge >= 0.3 is 0 Å². The number of benzene rings is 1. The van der Waals surface area contributed by atoms with Crippen molar-refractivity contribution in [1.29, 1.82) is 5.26 Å². The summed E-state index contributed by atoms with van der Waals surface area (Å²) < 4.78 is 1.08. The lowest BCUT2D eigenvalue weighted by Gasteiger charge is -2.37. The fraction of sp³-hybridized carbons (Fsp3) is 0.462. The number of hydrogen-bond acceptors (Lipinski definition) is 3. The van der Waals surface area contributed by atoms with Crippen LogP contribution in [0, 0.1) is 18.3 Å². The standard InChI is InChI=1S/C13H16BrN3/c1-10-7-11(14)3-4-12(10)17-6-2-5-13(16,8-15)9-17/h3-4,7H,2,5-6,9,16H2,1H3. The Morgan fingerprint density at radius 1 is 1.53 bits per heavy atom. The first kappa shape index (κ1) is 12.4. The van der Waals surface area contributed by atoms with Gasteiger partial charge in [-0.15, -0.1) is 0 Å². The number of anilines is 1. The molecular formula is C13H16BrN3. The zero-order valence-corrected chi connectivity index (χ0v) is 11.5. The summed E-state index contributed by atoms with van der Waals surface area (Å²) in [4.78, 5) is 2.22. The third-order valence-corrected chi connectivity index (χ3v) is 3.74. The number of nitrogens with two attached hydrogens (primary N) is 1. The Labute approximate surface area is 110 Å².